The molecule has 1 unspecified atom stereocenters. The first-order chi connectivity index (χ1) is 8.66. The van der Waals surface area contributed by atoms with E-state index in [-0.39, 0.29) is 6.10 Å². The molecule has 1 atom stereocenters. The van der Waals surface area contributed by atoms with Crippen molar-refractivity contribution in [2.75, 3.05) is 13.6 Å². The molecule has 1 aromatic carbocycles. The number of aliphatic hydroxyl groups excluding tert-OH is 1. The minimum Gasteiger partial charge on any atom is -0.387 e. The first-order valence-electron chi connectivity index (χ1n) is 7.11. The van der Waals surface area contributed by atoms with E-state index in [1.54, 1.807) is 0 Å². The Kier molecular flexibility index (Phi) is 4.79. The van der Waals surface area contributed by atoms with Gasteiger partial charge in [-0.25, -0.2) is 0 Å². The topological polar surface area (TPSA) is 23.5 Å². The maximum Gasteiger partial charge on any atom is 0.0917 e. The molecule has 0 saturated heterocycles. The van der Waals surface area contributed by atoms with Crippen molar-refractivity contribution in [2.45, 2.75) is 51.2 Å². The normalized spacial score (nSPS) is 19.1. The fraction of sp³-hybridized carbons (Fsp3) is 0.625. The molecule has 0 spiro atoms. The van der Waals surface area contributed by atoms with Gasteiger partial charge in [0.15, 0.2) is 0 Å². The van der Waals surface area contributed by atoms with Gasteiger partial charge in [-0.1, -0.05) is 49.1 Å². The number of rotatable bonds is 4. The van der Waals surface area contributed by atoms with Gasteiger partial charge in [-0.15, -0.1) is 0 Å². The first kappa shape index (κ1) is 13.6. The lowest BCUT2D eigenvalue weighted by Gasteiger charge is -2.32. The van der Waals surface area contributed by atoms with Crippen LogP contribution >= 0.6 is 0 Å². The van der Waals surface area contributed by atoms with Gasteiger partial charge in [-0.05, 0) is 32.4 Å². The Bertz CT molecular complexity index is 371. The number of hydrogen-bond donors (Lipinski definition) is 1. The van der Waals surface area contributed by atoms with E-state index in [9.17, 15) is 5.11 Å². The van der Waals surface area contributed by atoms with Gasteiger partial charge in [0, 0.05) is 12.6 Å². The van der Waals surface area contributed by atoms with E-state index in [4.69, 9.17) is 0 Å². The highest BCUT2D eigenvalue weighted by molar-refractivity contribution is 5.24. The van der Waals surface area contributed by atoms with Gasteiger partial charge in [0.2, 0.25) is 0 Å². The molecule has 18 heavy (non-hydrogen) atoms. The second-order valence-electron chi connectivity index (χ2n) is 5.66. The molecule has 2 heteroatoms. The average molecular weight is 247 g/mol. The molecule has 0 bridgehead atoms. The van der Waals surface area contributed by atoms with Crippen molar-refractivity contribution in [2.24, 2.45) is 0 Å². The fourth-order valence-corrected chi connectivity index (χ4v) is 2.93. The van der Waals surface area contributed by atoms with Crippen LogP contribution in [-0.2, 0) is 0 Å². The van der Waals surface area contributed by atoms with Gasteiger partial charge in [0.05, 0.1) is 6.10 Å². The van der Waals surface area contributed by atoms with Gasteiger partial charge in [0.25, 0.3) is 0 Å². The minimum absolute atomic E-state index is 0.364. The second-order valence-corrected chi connectivity index (χ2v) is 5.66. The van der Waals surface area contributed by atoms with E-state index >= 15 is 0 Å². The summed E-state index contributed by atoms with van der Waals surface area (Å²) < 4.78 is 0. The number of nitrogens with zero attached hydrogens (tertiary/aromatic N) is 1. The Morgan fingerprint density at radius 1 is 1.28 bits per heavy atom. The van der Waals surface area contributed by atoms with Crippen LogP contribution in [0.2, 0.25) is 0 Å². The molecule has 0 radical (unpaired) electrons. The summed E-state index contributed by atoms with van der Waals surface area (Å²) in [7, 11) is 2.15. The van der Waals surface area contributed by atoms with Crippen molar-refractivity contribution in [3.8, 4) is 0 Å². The summed E-state index contributed by atoms with van der Waals surface area (Å²) in [6.07, 6.45) is 6.28. The zero-order valence-electron chi connectivity index (χ0n) is 11.6. The quantitative estimate of drug-likeness (QED) is 0.882. The number of aliphatic hydroxyl groups is 1. The van der Waals surface area contributed by atoms with Crippen LogP contribution in [0.15, 0.2) is 24.3 Å². The van der Waals surface area contributed by atoms with Crippen LogP contribution in [0.1, 0.15) is 49.3 Å². The number of hydrogen-bond acceptors (Lipinski definition) is 2. The van der Waals surface area contributed by atoms with Gasteiger partial charge >= 0.3 is 0 Å². The van der Waals surface area contributed by atoms with Gasteiger partial charge in [-0.3, -0.25) is 0 Å². The Balaban J connectivity index is 1.91. The average Bonchev–Trinajstić information content (AvgIpc) is 2.39. The lowest BCUT2D eigenvalue weighted by atomic mass is 9.94. The number of benzene rings is 1. The summed E-state index contributed by atoms with van der Waals surface area (Å²) in [5.74, 6) is 0. The van der Waals surface area contributed by atoms with Crippen LogP contribution in [0.25, 0.3) is 0 Å². The zero-order chi connectivity index (χ0) is 13.0. The van der Waals surface area contributed by atoms with Crippen molar-refractivity contribution in [3.63, 3.8) is 0 Å². The molecule has 1 N–H and O–H groups in total. The summed E-state index contributed by atoms with van der Waals surface area (Å²) >= 11 is 0. The van der Waals surface area contributed by atoms with Crippen LogP contribution in [-0.4, -0.2) is 29.6 Å². The fourth-order valence-electron chi connectivity index (χ4n) is 2.93. The van der Waals surface area contributed by atoms with Gasteiger partial charge in [0.1, 0.15) is 0 Å². The summed E-state index contributed by atoms with van der Waals surface area (Å²) in [6, 6.07) is 8.86. The van der Waals surface area contributed by atoms with E-state index in [1.165, 1.54) is 37.7 Å². The third-order valence-corrected chi connectivity index (χ3v) is 4.09. The largest absolute Gasteiger partial charge is 0.387 e. The lowest BCUT2D eigenvalue weighted by molar-refractivity contribution is 0.0914. The molecule has 100 valence electrons. The van der Waals surface area contributed by atoms with Crippen molar-refractivity contribution in [3.05, 3.63) is 35.4 Å². The van der Waals surface area contributed by atoms with E-state index in [1.807, 2.05) is 12.1 Å². The van der Waals surface area contributed by atoms with Crippen molar-refractivity contribution in [1.29, 1.82) is 0 Å². The monoisotopic (exact) mass is 247 g/mol. The molecule has 2 nitrogen and oxygen atoms in total. The van der Waals surface area contributed by atoms with Gasteiger partial charge in [-0.2, -0.15) is 0 Å². The number of aryl methyl sites for hydroxylation is 1. The van der Waals surface area contributed by atoms with E-state index in [0.29, 0.717) is 6.04 Å². The molecule has 1 fully saturated rings. The summed E-state index contributed by atoms with van der Waals surface area (Å²) in [6.45, 7) is 2.81. The van der Waals surface area contributed by atoms with Crippen LogP contribution in [0.4, 0.5) is 0 Å². The lowest BCUT2D eigenvalue weighted by Crippen LogP contribution is -2.36. The highest BCUT2D eigenvalue weighted by atomic mass is 16.3. The standard InChI is InChI=1S/C16H25NO/c1-13-7-6-8-14(11-13)16(18)12-17(2)15-9-4-3-5-10-15/h6-8,11,15-16,18H,3-5,9-10,12H2,1-2H3. The Morgan fingerprint density at radius 3 is 2.67 bits per heavy atom. The summed E-state index contributed by atoms with van der Waals surface area (Å²) in [5, 5.41) is 10.3. The Morgan fingerprint density at radius 2 is 2.00 bits per heavy atom. The molecular formula is C16H25NO. The number of likely N-dealkylation sites (N-methyl/N-ethyl adjacent to an activating group) is 1. The van der Waals surface area contributed by atoms with Crippen LogP contribution < -0.4 is 0 Å². The SMILES string of the molecule is Cc1cccc(C(O)CN(C)C2CCCCC2)c1. The molecule has 0 amide bonds. The smallest absolute Gasteiger partial charge is 0.0917 e. The van der Waals surface area contributed by atoms with Crippen molar-refractivity contribution < 1.29 is 5.11 Å². The minimum atomic E-state index is -0.364. The highest BCUT2D eigenvalue weighted by Crippen LogP contribution is 2.23. The van der Waals surface area contributed by atoms with Crippen molar-refractivity contribution in [1.82, 2.24) is 4.90 Å². The van der Waals surface area contributed by atoms with E-state index in [0.717, 1.165) is 12.1 Å². The molecule has 0 aliphatic heterocycles. The Labute approximate surface area is 111 Å². The predicted octanol–water partition coefficient (Wildman–Crippen LogP) is 3.29. The predicted molar refractivity (Wildman–Crippen MR) is 75.6 cm³/mol. The van der Waals surface area contributed by atoms with Crippen LogP contribution in [0.5, 0.6) is 0 Å². The molecule has 1 aliphatic rings. The third-order valence-electron chi connectivity index (χ3n) is 4.09. The van der Waals surface area contributed by atoms with E-state index < -0.39 is 0 Å². The third kappa shape index (κ3) is 3.56. The summed E-state index contributed by atoms with van der Waals surface area (Å²) in [4.78, 5) is 2.34. The molecule has 2 rings (SSSR count). The first-order valence-corrected chi connectivity index (χ1v) is 7.11. The molecule has 1 aromatic rings. The maximum atomic E-state index is 10.3. The second kappa shape index (κ2) is 6.35. The van der Waals surface area contributed by atoms with Crippen molar-refractivity contribution >= 4 is 0 Å². The highest BCUT2D eigenvalue weighted by Gasteiger charge is 2.20. The molecule has 1 saturated carbocycles. The van der Waals surface area contributed by atoms with Crippen LogP contribution in [0.3, 0.4) is 0 Å². The Hall–Kier alpha value is -0.860. The van der Waals surface area contributed by atoms with Crippen LogP contribution in [0, 0.1) is 6.92 Å². The zero-order valence-corrected chi connectivity index (χ0v) is 11.6. The molecular weight excluding hydrogens is 222 g/mol. The van der Waals surface area contributed by atoms with E-state index in [2.05, 4.69) is 31.0 Å². The molecule has 0 aromatic heterocycles. The molecule has 1 aliphatic carbocycles. The van der Waals surface area contributed by atoms with Gasteiger partial charge < -0.3 is 10.0 Å². The molecule has 0 heterocycles. The summed E-state index contributed by atoms with van der Waals surface area (Å²) in [5.41, 5.74) is 2.25. The maximum absolute atomic E-state index is 10.3.